The van der Waals surface area contributed by atoms with Gasteiger partial charge in [0.05, 0.1) is 18.8 Å². The summed E-state index contributed by atoms with van der Waals surface area (Å²) in [6.07, 6.45) is 4.14. The number of piperidine rings is 1. The Bertz CT molecular complexity index is 998. The van der Waals surface area contributed by atoms with Crippen LogP contribution in [0.3, 0.4) is 0 Å². The highest BCUT2D eigenvalue weighted by Gasteiger charge is 2.32. The molecule has 4 rings (SSSR count). The Labute approximate surface area is 198 Å². The van der Waals surface area contributed by atoms with Crippen molar-refractivity contribution in [2.45, 2.75) is 44.9 Å². The average Bonchev–Trinajstić information content (AvgIpc) is 2.78. The fraction of sp³-hybridized carbons (Fsp3) is 0.360. The van der Waals surface area contributed by atoms with E-state index in [1.165, 1.54) is 5.56 Å². The molecular weight excluding hydrogens is 499 g/mol. The minimum atomic E-state index is 0.291. The third-order valence-corrected chi connectivity index (χ3v) is 6.42. The molecule has 2 atom stereocenters. The van der Waals surface area contributed by atoms with Crippen LogP contribution in [-0.2, 0) is 13.1 Å². The number of ether oxygens (including phenoxy) is 1. The highest BCUT2D eigenvalue weighted by molar-refractivity contribution is 14.1. The third-order valence-electron chi connectivity index (χ3n) is 5.83. The molecule has 31 heavy (non-hydrogen) atoms. The molecule has 1 saturated heterocycles. The highest BCUT2D eigenvalue weighted by Crippen LogP contribution is 2.33. The van der Waals surface area contributed by atoms with Crippen molar-refractivity contribution in [3.05, 3.63) is 86.9 Å². The first-order chi connectivity index (χ1) is 15.1. The Hall–Kier alpha value is -2.03. The predicted molar refractivity (Wildman–Crippen MR) is 132 cm³/mol. The molecule has 6 heteroatoms. The normalized spacial score (nSPS) is 19.3. The van der Waals surface area contributed by atoms with Crippen LogP contribution in [0.5, 0.6) is 5.88 Å². The van der Waals surface area contributed by atoms with E-state index in [9.17, 15) is 0 Å². The molecule has 0 amide bonds. The van der Waals surface area contributed by atoms with Crippen LogP contribution in [-0.4, -0.2) is 34.6 Å². The molecule has 1 N–H and O–H groups in total. The zero-order valence-corrected chi connectivity index (χ0v) is 20.2. The smallest absolute Gasteiger partial charge is 0.217 e. The van der Waals surface area contributed by atoms with Crippen LogP contribution >= 0.6 is 22.6 Å². The number of hydrogen-bond acceptors (Lipinski definition) is 5. The Morgan fingerprint density at radius 3 is 2.77 bits per heavy atom. The van der Waals surface area contributed by atoms with E-state index in [2.05, 4.69) is 99.3 Å². The van der Waals surface area contributed by atoms with Gasteiger partial charge >= 0.3 is 0 Å². The Morgan fingerprint density at radius 2 is 2.00 bits per heavy atom. The van der Waals surface area contributed by atoms with Gasteiger partial charge in [-0.2, -0.15) is 0 Å². The fourth-order valence-corrected chi connectivity index (χ4v) is 4.98. The van der Waals surface area contributed by atoms with Crippen LogP contribution in [0.15, 0.2) is 60.8 Å². The molecule has 0 bridgehead atoms. The van der Waals surface area contributed by atoms with Crippen molar-refractivity contribution in [3.63, 3.8) is 0 Å². The monoisotopic (exact) mass is 528 g/mol. The van der Waals surface area contributed by atoms with Gasteiger partial charge in [0.25, 0.3) is 0 Å². The lowest BCUT2D eigenvalue weighted by Gasteiger charge is -2.42. The van der Waals surface area contributed by atoms with E-state index in [0.717, 1.165) is 53.0 Å². The van der Waals surface area contributed by atoms with Gasteiger partial charge < -0.3 is 10.1 Å². The predicted octanol–water partition coefficient (Wildman–Crippen LogP) is 4.89. The molecule has 1 aliphatic rings. The minimum absolute atomic E-state index is 0.291. The van der Waals surface area contributed by atoms with Crippen LogP contribution in [0, 0.1) is 10.5 Å². The number of nitrogens with zero attached hydrogens (tertiary/aromatic N) is 3. The zero-order chi connectivity index (χ0) is 21.6. The summed E-state index contributed by atoms with van der Waals surface area (Å²) in [4.78, 5) is 11.8. The van der Waals surface area contributed by atoms with Gasteiger partial charge in [-0.15, -0.1) is 0 Å². The van der Waals surface area contributed by atoms with Gasteiger partial charge in [0, 0.05) is 40.2 Å². The first-order valence-corrected chi connectivity index (χ1v) is 11.9. The van der Waals surface area contributed by atoms with E-state index in [0.29, 0.717) is 18.0 Å². The summed E-state index contributed by atoms with van der Waals surface area (Å²) in [7, 11) is 1.68. The number of benzene rings is 1. The summed E-state index contributed by atoms with van der Waals surface area (Å²) in [6.45, 7) is 4.72. The average molecular weight is 528 g/mol. The summed E-state index contributed by atoms with van der Waals surface area (Å²) in [5.41, 5.74) is 4.64. The summed E-state index contributed by atoms with van der Waals surface area (Å²) in [5.74, 6) is 0.695. The van der Waals surface area contributed by atoms with E-state index in [4.69, 9.17) is 9.72 Å². The first kappa shape index (κ1) is 22.2. The maximum absolute atomic E-state index is 5.49. The molecule has 1 fully saturated rings. The molecule has 3 heterocycles. The van der Waals surface area contributed by atoms with E-state index in [1.54, 1.807) is 7.11 Å². The number of nitrogens with one attached hydrogen (secondary N) is 1. The van der Waals surface area contributed by atoms with Crippen molar-refractivity contribution in [1.82, 2.24) is 20.2 Å². The topological polar surface area (TPSA) is 50.3 Å². The van der Waals surface area contributed by atoms with Crippen molar-refractivity contribution in [2.24, 2.45) is 0 Å². The lowest BCUT2D eigenvalue weighted by atomic mass is 9.90. The molecule has 162 valence electrons. The van der Waals surface area contributed by atoms with E-state index in [1.807, 2.05) is 6.20 Å². The van der Waals surface area contributed by atoms with Gasteiger partial charge in [-0.25, -0.2) is 4.98 Å². The molecule has 0 aliphatic carbocycles. The molecule has 3 aromatic rings. The maximum atomic E-state index is 5.49. The second-order valence-electron chi connectivity index (χ2n) is 8.05. The van der Waals surface area contributed by atoms with Crippen molar-refractivity contribution in [2.75, 3.05) is 13.7 Å². The second-order valence-corrected chi connectivity index (χ2v) is 9.29. The molecular formula is C25H29IN4O. The number of aryl methyl sites for hydroxylation is 1. The number of aromatic nitrogens is 2. The third kappa shape index (κ3) is 5.61. The fourth-order valence-electron chi connectivity index (χ4n) is 4.47. The Balaban J connectivity index is 1.57. The quantitative estimate of drug-likeness (QED) is 0.443. The molecule has 0 unspecified atom stereocenters. The number of methoxy groups -OCH3 is 1. The molecule has 1 aromatic carbocycles. The number of pyridine rings is 2. The summed E-state index contributed by atoms with van der Waals surface area (Å²) < 4.78 is 6.61. The van der Waals surface area contributed by atoms with Crippen molar-refractivity contribution < 1.29 is 4.74 Å². The minimum Gasteiger partial charge on any atom is -0.481 e. The summed E-state index contributed by atoms with van der Waals surface area (Å²) in [5, 5.41) is 3.83. The van der Waals surface area contributed by atoms with Crippen LogP contribution < -0.4 is 10.1 Å². The number of rotatable bonds is 7. The van der Waals surface area contributed by atoms with Crippen LogP contribution in [0.2, 0.25) is 0 Å². The van der Waals surface area contributed by atoms with E-state index in [-0.39, 0.29) is 0 Å². The molecule has 5 nitrogen and oxygen atoms in total. The van der Waals surface area contributed by atoms with Crippen molar-refractivity contribution in [3.8, 4) is 5.88 Å². The summed E-state index contributed by atoms with van der Waals surface area (Å²) >= 11 is 2.30. The van der Waals surface area contributed by atoms with Gasteiger partial charge in [0.2, 0.25) is 5.88 Å². The zero-order valence-electron chi connectivity index (χ0n) is 18.1. The molecule has 2 aromatic heterocycles. The van der Waals surface area contributed by atoms with Gasteiger partial charge in [-0.3, -0.25) is 9.88 Å². The summed E-state index contributed by atoms with van der Waals surface area (Å²) in [6, 6.07) is 19.9. The molecule has 0 radical (unpaired) electrons. The van der Waals surface area contributed by atoms with Gasteiger partial charge in [-0.05, 0) is 72.7 Å². The molecule has 0 saturated carbocycles. The van der Waals surface area contributed by atoms with E-state index < -0.39 is 0 Å². The number of halogens is 1. The van der Waals surface area contributed by atoms with Crippen LogP contribution in [0.25, 0.3) is 0 Å². The first-order valence-electron chi connectivity index (χ1n) is 10.8. The number of likely N-dealkylation sites (tertiary alicyclic amines) is 1. The van der Waals surface area contributed by atoms with Gasteiger partial charge in [-0.1, -0.05) is 36.4 Å². The van der Waals surface area contributed by atoms with E-state index >= 15 is 0 Å². The van der Waals surface area contributed by atoms with Crippen LogP contribution in [0.1, 0.15) is 41.4 Å². The largest absolute Gasteiger partial charge is 0.481 e. The Kier molecular flexibility index (Phi) is 7.53. The molecule has 1 aliphatic heterocycles. The highest BCUT2D eigenvalue weighted by atomic mass is 127. The lowest BCUT2D eigenvalue weighted by molar-refractivity contribution is 0.102. The second kappa shape index (κ2) is 10.5. The standard InChI is InChI=1S/C25H29IN4O/c1-18-8-6-11-22(29-18)17-30-13-7-12-23(24(30)19-9-4-3-5-10-19)27-15-20-14-21(26)16-28-25(20)31-2/h3-6,8-11,14,16,23-24,27H,7,12-13,15,17H2,1-2H3/t23-,24-/m0/s1. The van der Waals surface area contributed by atoms with Crippen molar-refractivity contribution in [1.29, 1.82) is 0 Å². The lowest BCUT2D eigenvalue weighted by Crippen LogP contribution is -2.47. The maximum Gasteiger partial charge on any atom is 0.217 e. The SMILES string of the molecule is COc1ncc(I)cc1CN[C@H]1CCCN(Cc2cccc(C)n2)[C@H]1c1ccccc1. The number of hydrogen-bond donors (Lipinski definition) is 1. The molecule has 0 spiro atoms. The van der Waals surface area contributed by atoms with Crippen molar-refractivity contribution >= 4 is 22.6 Å². The Morgan fingerprint density at radius 1 is 1.16 bits per heavy atom. The van der Waals surface area contributed by atoms with Gasteiger partial charge in [0.15, 0.2) is 0 Å². The van der Waals surface area contributed by atoms with Crippen LogP contribution in [0.4, 0.5) is 0 Å². The van der Waals surface area contributed by atoms with Gasteiger partial charge in [0.1, 0.15) is 0 Å².